The van der Waals surface area contributed by atoms with Crippen LogP contribution in [0.15, 0.2) is 61.4 Å². The van der Waals surface area contributed by atoms with Crippen LogP contribution in [-0.4, -0.2) is 57.8 Å². The summed E-state index contributed by atoms with van der Waals surface area (Å²) >= 11 is 30.3. The number of ether oxygens (including phenoxy) is 2. The molecular formula is C29H32Cl4N6O3S. The second-order valence-corrected chi connectivity index (χ2v) is 13.2. The largest absolute Gasteiger partial charge is 0.386 e. The van der Waals surface area contributed by atoms with E-state index in [1.54, 1.807) is 27.8 Å². The average molecular weight is 686 g/mol. The lowest BCUT2D eigenvalue weighted by molar-refractivity contribution is -0.189. The Morgan fingerprint density at radius 2 is 1.93 bits per heavy atom. The van der Waals surface area contributed by atoms with Gasteiger partial charge in [0.1, 0.15) is 31.1 Å². The molecule has 3 atom stereocenters. The quantitative estimate of drug-likeness (QED) is 0.137. The molecule has 2 N–H and O–H groups in total. The van der Waals surface area contributed by atoms with E-state index in [2.05, 4.69) is 27.1 Å². The molecule has 1 aliphatic carbocycles. The smallest absolute Gasteiger partial charge is 0.217 e. The maximum atomic E-state index is 11.2. The fourth-order valence-electron chi connectivity index (χ4n) is 5.19. The van der Waals surface area contributed by atoms with Crippen molar-refractivity contribution in [2.24, 2.45) is 0 Å². The third-order valence-corrected chi connectivity index (χ3v) is 9.62. The minimum atomic E-state index is -1.15. The number of aromatic nitrogens is 6. The molecule has 9 nitrogen and oxygen atoms in total. The first-order valence-electron chi connectivity index (χ1n) is 13.9. The maximum absolute atomic E-state index is 11.2. The number of hydrogen-bond acceptors (Lipinski definition) is 7. The number of hydrogen-bond donors (Lipinski definition) is 2. The van der Waals surface area contributed by atoms with Crippen LogP contribution < -0.4 is 0 Å². The highest BCUT2D eigenvalue weighted by Crippen LogP contribution is 2.53. The van der Waals surface area contributed by atoms with E-state index in [-0.39, 0.29) is 12.6 Å². The predicted molar refractivity (Wildman–Crippen MR) is 169 cm³/mol. The summed E-state index contributed by atoms with van der Waals surface area (Å²) in [6.45, 7) is 3.27. The van der Waals surface area contributed by atoms with Gasteiger partial charge in [-0.15, -0.1) is 11.6 Å². The Labute approximate surface area is 275 Å². The molecule has 14 heteroatoms. The van der Waals surface area contributed by atoms with E-state index in [0.717, 1.165) is 36.8 Å². The van der Waals surface area contributed by atoms with Gasteiger partial charge in [-0.2, -0.15) is 10.2 Å². The van der Waals surface area contributed by atoms with Gasteiger partial charge in [0.05, 0.1) is 29.2 Å². The van der Waals surface area contributed by atoms with Crippen molar-refractivity contribution in [1.29, 1.82) is 0 Å². The van der Waals surface area contributed by atoms with Crippen molar-refractivity contribution in [2.45, 2.75) is 74.5 Å². The molecule has 2 aliphatic rings. The summed E-state index contributed by atoms with van der Waals surface area (Å²) in [7, 11) is 0. The van der Waals surface area contributed by atoms with Crippen molar-refractivity contribution in [3.63, 3.8) is 0 Å². The highest BCUT2D eigenvalue weighted by molar-refractivity contribution is 7.71. The van der Waals surface area contributed by atoms with Crippen LogP contribution in [0, 0.1) is 4.77 Å². The van der Waals surface area contributed by atoms with Crippen molar-refractivity contribution < 1.29 is 14.6 Å². The molecule has 43 heavy (non-hydrogen) atoms. The number of alkyl halides is 1. The van der Waals surface area contributed by atoms with E-state index in [9.17, 15) is 5.11 Å². The van der Waals surface area contributed by atoms with Gasteiger partial charge in [0, 0.05) is 22.0 Å². The lowest BCUT2D eigenvalue weighted by Crippen LogP contribution is -2.47. The van der Waals surface area contributed by atoms with E-state index in [1.807, 2.05) is 30.3 Å². The number of aliphatic hydroxyl groups is 1. The number of H-pyrrole nitrogens is 1. The number of nitrogens with one attached hydrogen (secondary N) is 1. The van der Waals surface area contributed by atoms with Crippen molar-refractivity contribution in [1.82, 2.24) is 29.5 Å². The zero-order chi connectivity index (χ0) is 30.7. The Morgan fingerprint density at radius 3 is 2.56 bits per heavy atom. The zero-order valence-electron chi connectivity index (χ0n) is 23.4. The minimum absolute atomic E-state index is 0.0419. The fourth-order valence-corrected chi connectivity index (χ4v) is 6.33. The zero-order valence-corrected chi connectivity index (χ0v) is 27.3. The van der Waals surface area contributed by atoms with Gasteiger partial charge in [-0.05, 0) is 55.2 Å². The van der Waals surface area contributed by atoms with E-state index in [0.29, 0.717) is 39.4 Å². The molecule has 2 aromatic carbocycles. The highest BCUT2D eigenvalue weighted by atomic mass is 35.5. The number of nitrogens with zero attached hydrogens (tertiary/aromatic N) is 5. The second kappa shape index (κ2) is 13.5. The minimum Gasteiger partial charge on any atom is -0.386 e. The normalized spacial score (nSPS) is 22.0. The molecule has 2 fully saturated rings. The van der Waals surface area contributed by atoms with Gasteiger partial charge in [-0.1, -0.05) is 72.4 Å². The van der Waals surface area contributed by atoms with Crippen LogP contribution in [0.1, 0.15) is 43.7 Å². The summed E-state index contributed by atoms with van der Waals surface area (Å²) in [6, 6.07) is 12.8. The molecule has 0 spiro atoms. The summed E-state index contributed by atoms with van der Waals surface area (Å²) in [5, 5.41) is 21.2. The summed E-state index contributed by atoms with van der Waals surface area (Å²) in [5.41, 5.74) is 0.482. The monoisotopic (exact) mass is 684 g/mol. The number of rotatable bonds is 10. The number of halogens is 4. The number of benzene rings is 2. The second-order valence-electron chi connectivity index (χ2n) is 10.8. The van der Waals surface area contributed by atoms with E-state index < -0.39 is 16.3 Å². The van der Waals surface area contributed by atoms with Crippen LogP contribution in [0.25, 0.3) is 0 Å². The van der Waals surface area contributed by atoms with Crippen LogP contribution in [0.4, 0.5) is 0 Å². The molecule has 0 bridgehead atoms. The first-order chi connectivity index (χ1) is 20.6. The Balaban J connectivity index is 0.000000171. The van der Waals surface area contributed by atoms with Crippen LogP contribution in [-0.2, 0) is 34.8 Å². The molecule has 1 aliphatic heterocycles. The summed E-state index contributed by atoms with van der Waals surface area (Å²) < 4.78 is 16.0. The van der Waals surface area contributed by atoms with E-state index >= 15 is 0 Å². The highest BCUT2D eigenvalue weighted by Gasteiger charge is 2.58. The van der Waals surface area contributed by atoms with Gasteiger partial charge >= 0.3 is 0 Å². The van der Waals surface area contributed by atoms with Crippen LogP contribution in [0.2, 0.25) is 15.1 Å². The van der Waals surface area contributed by atoms with E-state index in [4.69, 9.17) is 68.1 Å². The van der Waals surface area contributed by atoms with Crippen molar-refractivity contribution in [3.8, 4) is 0 Å². The molecule has 3 heterocycles. The summed E-state index contributed by atoms with van der Waals surface area (Å²) in [4.78, 5) is 6.15. The predicted octanol–water partition coefficient (Wildman–Crippen LogP) is 6.99. The average Bonchev–Trinajstić information content (AvgIpc) is 3.28. The standard InChI is InChI=1S/C15H17Cl2N3O2.C14H15Cl2N3OS/c1-2-3-12-7-21-15(22-12,8-20-10-18-9-19-20)13-5-4-11(16)6-14(13)17;15-11-4-2-1-3-10(11)7-14(20,13(16)5-6-13)8-19-12(21)17-9-18-19/h4-6,9-10,12H,2-3,7-8H2,1H3;1-4,9,20H,5-8H2,(H,17,18,21). The molecule has 2 aromatic heterocycles. The SMILES string of the molecule is CCCC1COC(Cn2cncn2)(c2ccc(Cl)cc2Cl)O1.OC(Cc1ccccc1Cl)(Cn1nc[nH]c1=S)C1(Cl)CC1. The van der Waals surface area contributed by atoms with Crippen LogP contribution >= 0.6 is 58.6 Å². The summed E-state index contributed by atoms with van der Waals surface area (Å²) in [5.74, 6) is -0.963. The molecule has 4 aromatic rings. The third-order valence-electron chi connectivity index (χ3n) is 7.64. The van der Waals surface area contributed by atoms with Gasteiger partial charge in [0.25, 0.3) is 0 Å². The lowest BCUT2D eigenvalue weighted by atomic mass is 9.89. The Morgan fingerprint density at radius 1 is 1.14 bits per heavy atom. The lowest BCUT2D eigenvalue weighted by Gasteiger charge is -2.33. The molecule has 0 radical (unpaired) electrons. The molecule has 230 valence electrons. The Hall–Kier alpha value is -2.02. The van der Waals surface area contributed by atoms with Gasteiger partial charge < -0.3 is 19.6 Å². The van der Waals surface area contributed by atoms with Crippen molar-refractivity contribution in [2.75, 3.05) is 6.61 Å². The van der Waals surface area contributed by atoms with Gasteiger partial charge in [0.2, 0.25) is 5.79 Å². The van der Waals surface area contributed by atoms with Crippen molar-refractivity contribution >= 4 is 58.6 Å². The molecule has 1 saturated heterocycles. The Bertz CT molecular complexity index is 1580. The third kappa shape index (κ3) is 7.45. The fraction of sp³-hybridized carbons (Fsp3) is 0.448. The molecule has 1 saturated carbocycles. The topological polar surface area (TPSA) is 103 Å². The first kappa shape index (κ1) is 32.4. The molecule has 3 unspecified atom stereocenters. The van der Waals surface area contributed by atoms with E-state index in [1.165, 1.54) is 12.7 Å². The first-order valence-corrected chi connectivity index (χ1v) is 15.8. The summed E-state index contributed by atoms with van der Waals surface area (Å²) in [6.07, 6.45) is 8.53. The van der Waals surface area contributed by atoms with Crippen molar-refractivity contribution in [3.05, 3.63) is 92.4 Å². The number of aromatic amines is 1. The molecule has 0 amide bonds. The molecule has 6 rings (SSSR count). The van der Waals surface area contributed by atoms with Crippen LogP contribution in [0.3, 0.4) is 0 Å². The van der Waals surface area contributed by atoms with Gasteiger partial charge in [0.15, 0.2) is 4.77 Å². The maximum Gasteiger partial charge on any atom is 0.217 e. The van der Waals surface area contributed by atoms with Gasteiger partial charge in [-0.3, -0.25) is 0 Å². The molecular weight excluding hydrogens is 654 g/mol. The van der Waals surface area contributed by atoms with Crippen LogP contribution in [0.5, 0.6) is 0 Å². The van der Waals surface area contributed by atoms with Gasteiger partial charge in [-0.25, -0.2) is 14.3 Å². The Kier molecular flexibility index (Phi) is 10.2.